The van der Waals surface area contributed by atoms with Crippen molar-refractivity contribution in [3.63, 3.8) is 0 Å². The molecule has 0 fully saturated rings. The highest BCUT2D eigenvalue weighted by Gasteiger charge is 2.06. The van der Waals surface area contributed by atoms with Crippen molar-refractivity contribution in [2.24, 2.45) is 0 Å². The van der Waals surface area contributed by atoms with Crippen LogP contribution in [-0.4, -0.2) is 0 Å². The largest absolute Gasteiger partial charge is 0.0622 e. The molecule has 0 spiro atoms. The molecular weight excluding hydrogens is 264 g/mol. The van der Waals surface area contributed by atoms with Gasteiger partial charge in [0.05, 0.1) is 0 Å². The van der Waals surface area contributed by atoms with E-state index in [1.54, 1.807) is 0 Å². The van der Waals surface area contributed by atoms with Gasteiger partial charge in [0.15, 0.2) is 0 Å². The lowest BCUT2D eigenvalue weighted by atomic mass is 9.93. The first-order valence-electron chi connectivity index (χ1n) is 7.68. The molecule has 3 aromatic rings. The van der Waals surface area contributed by atoms with Crippen molar-refractivity contribution >= 4 is 11.6 Å². The Kier molecular flexibility index (Phi) is 4.50. The maximum absolute atomic E-state index is 2.30. The van der Waals surface area contributed by atoms with E-state index in [2.05, 4.69) is 97.9 Å². The summed E-state index contributed by atoms with van der Waals surface area (Å²) in [5.74, 6) is 0. The normalized spacial score (nSPS) is 11.4. The van der Waals surface area contributed by atoms with E-state index in [-0.39, 0.29) is 0 Å². The average molecular weight is 284 g/mol. The summed E-state index contributed by atoms with van der Waals surface area (Å²) < 4.78 is 0. The first-order chi connectivity index (χ1) is 10.8. The fraction of sp³-hybridized carbons (Fsp3) is 0.0909. The van der Waals surface area contributed by atoms with Crippen LogP contribution in [0.2, 0.25) is 0 Å². The van der Waals surface area contributed by atoms with Gasteiger partial charge in [-0.25, -0.2) is 0 Å². The lowest BCUT2D eigenvalue weighted by Gasteiger charge is -2.12. The van der Waals surface area contributed by atoms with Gasteiger partial charge in [0.1, 0.15) is 0 Å². The number of rotatable bonds is 4. The highest BCUT2D eigenvalue weighted by molar-refractivity contribution is 5.83. The molecule has 0 nitrogen and oxygen atoms in total. The first-order valence-corrected chi connectivity index (χ1v) is 7.68. The third kappa shape index (κ3) is 3.53. The van der Waals surface area contributed by atoms with Gasteiger partial charge in [-0.2, -0.15) is 0 Å². The minimum atomic E-state index is 0.945. The standard InChI is InChI=1S/C22H20/c1-18-10-8-9-15-22(18)21(16-19-11-4-2-5-12-19)17-20-13-6-3-7-14-20/h2-16H,17H2,1H3. The SMILES string of the molecule is Cc1ccccc1C(=Cc1ccccc1)Cc1ccccc1. The smallest absolute Gasteiger partial charge is 0.00195 e. The molecule has 3 rings (SSSR count). The van der Waals surface area contributed by atoms with Crippen LogP contribution in [0.3, 0.4) is 0 Å². The Hall–Kier alpha value is -2.60. The zero-order valence-corrected chi connectivity index (χ0v) is 12.9. The summed E-state index contributed by atoms with van der Waals surface area (Å²) >= 11 is 0. The fourth-order valence-corrected chi connectivity index (χ4v) is 2.72. The summed E-state index contributed by atoms with van der Waals surface area (Å²) in [4.78, 5) is 0. The van der Waals surface area contributed by atoms with Gasteiger partial charge in [-0.3, -0.25) is 0 Å². The molecule has 108 valence electrons. The van der Waals surface area contributed by atoms with Crippen LogP contribution in [0.4, 0.5) is 0 Å². The molecule has 0 saturated carbocycles. The Morgan fingerprint density at radius 2 is 1.32 bits per heavy atom. The molecule has 0 unspecified atom stereocenters. The number of aryl methyl sites for hydroxylation is 1. The zero-order valence-electron chi connectivity index (χ0n) is 12.9. The molecule has 0 aliphatic rings. The van der Waals surface area contributed by atoms with Crippen LogP contribution < -0.4 is 0 Å². The molecule has 3 aromatic carbocycles. The van der Waals surface area contributed by atoms with Gasteiger partial charge in [0.25, 0.3) is 0 Å². The monoisotopic (exact) mass is 284 g/mol. The van der Waals surface area contributed by atoms with E-state index >= 15 is 0 Å². The Morgan fingerprint density at radius 3 is 2.00 bits per heavy atom. The van der Waals surface area contributed by atoms with E-state index in [0.29, 0.717) is 0 Å². The van der Waals surface area contributed by atoms with E-state index < -0.39 is 0 Å². The van der Waals surface area contributed by atoms with E-state index in [9.17, 15) is 0 Å². The molecule has 0 heteroatoms. The van der Waals surface area contributed by atoms with Crippen LogP contribution in [0, 0.1) is 6.92 Å². The van der Waals surface area contributed by atoms with Gasteiger partial charge in [0.2, 0.25) is 0 Å². The van der Waals surface area contributed by atoms with Gasteiger partial charge in [-0.15, -0.1) is 0 Å². The highest BCUT2D eigenvalue weighted by Crippen LogP contribution is 2.25. The number of allylic oxidation sites excluding steroid dienone is 1. The summed E-state index contributed by atoms with van der Waals surface area (Å²) in [5.41, 5.74) is 6.59. The second-order valence-electron chi connectivity index (χ2n) is 5.56. The predicted molar refractivity (Wildman–Crippen MR) is 95.6 cm³/mol. The number of benzene rings is 3. The van der Waals surface area contributed by atoms with Gasteiger partial charge < -0.3 is 0 Å². The maximum Gasteiger partial charge on any atom is -0.00195 e. The van der Waals surface area contributed by atoms with Crippen molar-refractivity contribution in [3.05, 3.63) is 107 Å². The van der Waals surface area contributed by atoms with Crippen molar-refractivity contribution in [3.8, 4) is 0 Å². The molecule has 22 heavy (non-hydrogen) atoms. The van der Waals surface area contributed by atoms with Gasteiger partial charge in [-0.1, -0.05) is 91.0 Å². The van der Waals surface area contributed by atoms with Crippen LogP contribution in [0.1, 0.15) is 22.3 Å². The van der Waals surface area contributed by atoms with Crippen LogP contribution in [0.5, 0.6) is 0 Å². The van der Waals surface area contributed by atoms with E-state index in [1.807, 2.05) is 0 Å². The van der Waals surface area contributed by atoms with Gasteiger partial charge in [-0.05, 0) is 41.2 Å². The second-order valence-corrected chi connectivity index (χ2v) is 5.56. The number of hydrogen-bond donors (Lipinski definition) is 0. The van der Waals surface area contributed by atoms with Crippen LogP contribution in [0.25, 0.3) is 11.6 Å². The van der Waals surface area contributed by atoms with Gasteiger partial charge >= 0.3 is 0 Å². The molecule has 0 amide bonds. The number of hydrogen-bond acceptors (Lipinski definition) is 0. The third-order valence-corrected chi connectivity index (χ3v) is 3.87. The van der Waals surface area contributed by atoms with Gasteiger partial charge in [0, 0.05) is 0 Å². The maximum atomic E-state index is 2.30. The Bertz CT molecular complexity index is 752. The Labute approximate surface area is 132 Å². The molecule has 0 saturated heterocycles. The molecule has 0 aliphatic carbocycles. The summed E-state index contributed by atoms with van der Waals surface area (Å²) in [5, 5.41) is 0. The van der Waals surface area contributed by atoms with Crippen molar-refractivity contribution in [1.82, 2.24) is 0 Å². The molecular formula is C22H20. The topological polar surface area (TPSA) is 0 Å². The third-order valence-electron chi connectivity index (χ3n) is 3.87. The van der Waals surface area contributed by atoms with Crippen molar-refractivity contribution in [2.75, 3.05) is 0 Å². The molecule has 0 bridgehead atoms. The van der Waals surface area contributed by atoms with Crippen LogP contribution in [-0.2, 0) is 6.42 Å². The molecule has 0 radical (unpaired) electrons. The molecule has 0 N–H and O–H groups in total. The highest BCUT2D eigenvalue weighted by atomic mass is 14.1. The van der Waals surface area contributed by atoms with E-state index in [4.69, 9.17) is 0 Å². The zero-order chi connectivity index (χ0) is 15.2. The molecule has 0 aliphatic heterocycles. The Balaban J connectivity index is 2.03. The van der Waals surface area contributed by atoms with E-state index in [0.717, 1.165) is 6.42 Å². The molecule has 0 aromatic heterocycles. The predicted octanol–water partition coefficient (Wildman–Crippen LogP) is 5.78. The first kappa shape index (κ1) is 14.3. The summed E-state index contributed by atoms with van der Waals surface area (Å²) in [7, 11) is 0. The summed E-state index contributed by atoms with van der Waals surface area (Å²) in [6, 6.07) is 29.8. The molecule has 0 atom stereocenters. The van der Waals surface area contributed by atoms with Crippen LogP contribution in [0.15, 0.2) is 84.9 Å². The molecule has 0 heterocycles. The summed E-state index contributed by atoms with van der Waals surface area (Å²) in [6.07, 6.45) is 3.25. The minimum Gasteiger partial charge on any atom is -0.0622 e. The average Bonchev–Trinajstić information content (AvgIpc) is 2.57. The van der Waals surface area contributed by atoms with Crippen LogP contribution >= 0.6 is 0 Å². The summed E-state index contributed by atoms with van der Waals surface area (Å²) in [6.45, 7) is 2.18. The quantitative estimate of drug-likeness (QED) is 0.533. The fourth-order valence-electron chi connectivity index (χ4n) is 2.72. The minimum absolute atomic E-state index is 0.945. The van der Waals surface area contributed by atoms with Crippen molar-refractivity contribution in [2.45, 2.75) is 13.3 Å². The Morgan fingerprint density at radius 1 is 0.727 bits per heavy atom. The van der Waals surface area contributed by atoms with E-state index in [1.165, 1.54) is 27.8 Å². The van der Waals surface area contributed by atoms with Crippen molar-refractivity contribution in [1.29, 1.82) is 0 Å². The lowest BCUT2D eigenvalue weighted by Crippen LogP contribution is -1.94. The second kappa shape index (κ2) is 6.91. The lowest BCUT2D eigenvalue weighted by molar-refractivity contribution is 1.27. The van der Waals surface area contributed by atoms with Crippen molar-refractivity contribution < 1.29 is 0 Å².